The molecule has 3 heterocycles. The predicted molar refractivity (Wildman–Crippen MR) is 102 cm³/mol. The van der Waals surface area contributed by atoms with Gasteiger partial charge in [0.2, 0.25) is 0 Å². The number of amides is 1. The van der Waals surface area contributed by atoms with E-state index in [0.29, 0.717) is 18.0 Å². The van der Waals surface area contributed by atoms with Gasteiger partial charge in [0.15, 0.2) is 0 Å². The first kappa shape index (κ1) is 18.0. The number of ether oxygens (including phenoxy) is 1. The van der Waals surface area contributed by atoms with Crippen LogP contribution in [0.2, 0.25) is 0 Å². The van der Waals surface area contributed by atoms with E-state index in [1.165, 1.54) is 12.0 Å². The van der Waals surface area contributed by atoms with E-state index in [4.69, 9.17) is 4.74 Å². The maximum Gasteiger partial charge on any atom is 0.253 e. The van der Waals surface area contributed by atoms with Crippen molar-refractivity contribution in [3.8, 4) is 0 Å². The monoisotopic (exact) mass is 357 g/mol. The fourth-order valence-corrected chi connectivity index (χ4v) is 5.11. The van der Waals surface area contributed by atoms with Gasteiger partial charge in [-0.3, -0.25) is 15.6 Å². The van der Waals surface area contributed by atoms with Crippen LogP contribution in [0.25, 0.3) is 0 Å². The number of carbonyl (C=O) groups is 1. The lowest BCUT2D eigenvalue weighted by atomic mass is 9.74. The Balaban J connectivity index is 1.52. The van der Waals surface area contributed by atoms with Crippen molar-refractivity contribution < 1.29 is 9.53 Å². The van der Waals surface area contributed by atoms with Crippen LogP contribution in [0.15, 0.2) is 24.3 Å². The van der Waals surface area contributed by atoms with Crippen LogP contribution in [-0.4, -0.2) is 49.2 Å². The summed E-state index contributed by atoms with van der Waals surface area (Å²) in [5, 5.41) is 0. The third-order valence-electron chi connectivity index (χ3n) is 6.64. The van der Waals surface area contributed by atoms with E-state index < -0.39 is 0 Å². The van der Waals surface area contributed by atoms with Crippen LogP contribution in [0.3, 0.4) is 0 Å². The van der Waals surface area contributed by atoms with Crippen LogP contribution < -0.4 is 10.9 Å². The van der Waals surface area contributed by atoms with Crippen LogP contribution in [0.5, 0.6) is 0 Å². The molecule has 4 rings (SSSR count). The highest BCUT2D eigenvalue weighted by atomic mass is 16.5. The zero-order chi connectivity index (χ0) is 18.1. The molecule has 1 amide bonds. The number of piperidine rings is 1. The Labute approximate surface area is 156 Å². The summed E-state index contributed by atoms with van der Waals surface area (Å²) in [6.07, 6.45) is 4.51. The Bertz CT molecular complexity index is 641. The van der Waals surface area contributed by atoms with Gasteiger partial charge in [-0.2, -0.15) is 0 Å². The zero-order valence-electron chi connectivity index (χ0n) is 16.0. The summed E-state index contributed by atoms with van der Waals surface area (Å²) in [6, 6.07) is 8.99. The van der Waals surface area contributed by atoms with Gasteiger partial charge in [-0.05, 0) is 62.6 Å². The van der Waals surface area contributed by atoms with Crippen molar-refractivity contribution in [1.29, 1.82) is 0 Å². The number of rotatable bonds is 2. The molecule has 142 valence electrons. The minimum atomic E-state index is 0.191. The second-order valence-corrected chi connectivity index (χ2v) is 8.46. The molecule has 1 aromatic carbocycles. The van der Waals surface area contributed by atoms with Crippen molar-refractivity contribution in [2.24, 2.45) is 5.41 Å². The lowest BCUT2D eigenvalue weighted by molar-refractivity contribution is -0.0229. The minimum Gasteiger partial charge on any atom is -0.381 e. The quantitative estimate of drug-likeness (QED) is 0.854. The molecule has 3 fully saturated rings. The van der Waals surface area contributed by atoms with Gasteiger partial charge in [0.1, 0.15) is 0 Å². The molecule has 0 bridgehead atoms. The SMILES string of the molecule is CC1NNC(C)C1c1cccc(C(=O)N2CCCC3(CCOCC3)C2)c1. The van der Waals surface area contributed by atoms with E-state index in [-0.39, 0.29) is 11.3 Å². The molecule has 0 saturated carbocycles. The van der Waals surface area contributed by atoms with E-state index in [1.54, 1.807) is 0 Å². The maximum absolute atomic E-state index is 13.2. The maximum atomic E-state index is 13.2. The van der Waals surface area contributed by atoms with Crippen molar-refractivity contribution in [3.05, 3.63) is 35.4 Å². The molecule has 2 atom stereocenters. The number of carbonyl (C=O) groups excluding carboxylic acids is 1. The average Bonchev–Trinajstić information content (AvgIpc) is 3.00. The van der Waals surface area contributed by atoms with E-state index in [9.17, 15) is 4.79 Å². The molecule has 3 aliphatic rings. The van der Waals surface area contributed by atoms with Crippen molar-refractivity contribution in [2.75, 3.05) is 26.3 Å². The molecule has 0 radical (unpaired) electrons. The highest BCUT2D eigenvalue weighted by Crippen LogP contribution is 2.39. The average molecular weight is 357 g/mol. The van der Waals surface area contributed by atoms with Gasteiger partial charge < -0.3 is 9.64 Å². The number of benzene rings is 1. The van der Waals surface area contributed by atoms with Crippen molar-refractivity contribution in [2.45, 2.75) is 57.5 Å². The number of nitrogens with zero attached hydrogens (tertiary/aromatic N) is 1. The molecule has 1 spiro atoms. The molecule has 1 aromatic rings. The molecule has 26 heavy (non-hydrogen) atoms. The molecule has 2 unspecified atom stereocenters. The summed E-state index contributed by atoms with van der Waals surface area (Å²) in [7, 11) is 0. The third-order valence-corrected chi connectivity index (χ3v) is 6.64. The number of nitrogens with one attached hydrogen (secondary N) is 2. The van der Waals surface area contributed by atoms with E-state index in [2.05, 4.69) is 41.7 Å². The minimum absolute atomic E-state index is 0.191. The van der Waals surface area contributed by atoms with Crippen LogP contribution in [0.1, 0.15) is 61.4 Å². The molecule has 0 aromatic heterocycles. The van der Waals surface area contributed by atoms with Gasteiger partial charge in [-0.1, -0.05) is 12.1 Å². The summed E-state index contributed by atoms with van der Waals surface area (Å²) in [4.78, 5) is 15.3. The Morgan fingerprint density at radius 2 is 1.88 bits per heavy atom. The highest BCUT2D eigenvalue weighted by molar-refractivity contribution is 5.94. The first-order chi connectivity index (χ1) is 12.6. The number of hydrogen-bond acceptors (Lipinski definition) is 4. The Kier molecular flexibility index (Phi) is 5.04. The Morgan fingerprint density at radius 1 is 1.15 bits per heavy atom. The highest BCUT2D eigenvalue weighted by Gasteiger charge is 2.39. The van der Waals surface area contributed by atoms with Gasteiger partial charge >= 0.3 is 0 Å². The van der Waals surface area contributed by atoms with Crippen LogP contribution in [-0.2, 0) is 4.74 Å². The summed E-state index contributed by atoms with van der Waals surface area (Å²) in [6.45, 7) is 7.83. The number of hydrazine groups is 1. The van der Waals surface area contributed by atoms with Crippen LogP contribution in [0.4, 0.5) is 0 Å². The molecule has 5 heteroatoms. The van der Waals surface area contributed by atoms with Crippen molar-refractivity contribution in [3.63, 3.8) is 0 Å². The first-order valence-electron chi connectivity index (χ1n) is 10.1. The summed E-state index contributed by atoms with van der Waals surface area (Å²) in [5.74, 6) is 0.572. The standard InChI is InChI=1S/C21H31N3O2/c1-15-19(16(2)23-22-15)17-5-3-6-18(13-17)20(25)24-10-4-7-21(14-24)8-11-26-12-9-21/h3,5-6,13,15-16,19,22-23H,4,7-12,14H2,1-2H3. The van der Waals surface area contributed by atoms with E-state index in [0.717, 1.165) is 51.1 Å². The molecule has 5 nitrogen and oxygen atoms in total. The lowest BCUT2D eigenvalue weighted by Gasteiger charge is -2.45. The Morgan fingerprint density at radius 3 is 2.62 bits per heavy atom. The van der Waals surface area contributed by atoms with Crippen LogP contribution in [0, 0.1) is 5.41 Å². The molecule has 3 saturated heterocycles. The Hall–Kier alpha value is -1.43. The zero-order valence-corrected chi connectivity index (χ0v) is 16.0. The third kappa shape index (κ3) is 3.40. The topological polar surface area (TPSA) is 53.6 Å². The van der Waals surface area contributed by atoms with E-state index in [1.807, 2.05) is 12.1 Å². The normalized spacial score (nSPS) is 31.3. The van der Waals surface area contributed by atoms with Crippen molar-refractivity contribution in [1.82, 2.24) is 15.8 Å². The second kappa shape index (κ2) is 7.29. The number of likely N-dealkylation sites (tertiary alicyclic amines) is 1. The fraction of sp³-hybridized carbons (Fsp3) is 0.667. The molecule has 0 aliphatic carbocycles. The summed E-state index contributed by atoms with van der Waals surface area (Å²) in [5.41, 5.74) is 8.98. The smallest absolute Gasteiger partial charge is 0.253 e. The van der Waals surface area contributed by atoms with Gasteiger partial charge in [-0.15, -0.1) is 0 Å². The van der Waals surface area contributed by atoms with Gasteiger partial charge in [-0.25, -0.2) is 0 Å². The van der Waals surface area contributed by atoms with Gasteiger partial charge in [0.05, 0.1) is 0 Å². The van der Waals surface area contributed by atoms with Crippen molar-refractivity contribution >= 4 is 5.91 Å². The largest absolute Gasteiger partial charge is 0.381 e. The fourth-order valence-electron chi connectivity index (χ4n) is 5.11. The molecule has 2 N–H and O–H groups in total. The second-order valence-electron chi connectivity index (χ2n) is 8.46. The summed E-state index contributed by atoms with van der Waals surface area (Å²) < 4.78 is 5.55. The molecule has 3 aliphatic heterocycles. The van der Waals surface area contributed by atoms with Crippen LogP contribution >= 0.6 is 0 Å². The molecular weight excluding hydrogens is 326 g/mol. The van der Waals surface area contributed by atoms with Gasteiger partial charge in [0, 0.05) is 49.9 Å². The van der Waals surface area contributed by atoms with E-state index >= 15 is 0 Å². The number of hydrogen-bond donors (Lipinski definition) is 2. The van der Waals surface area contributed by atoms with Gasteiger partial charge in [0.25, 0.3) is 5.91 Å². The molecular formula is C21H31N3O2. The summed E-state index contributed by atoms with van der Waals surface area (Å²) >= 11 is 0. The first-order valence-corrected chi connectivity index (χ1v) is 10.1. The lowest BCUT2D eigenvalue weighted by Crippen LogP contribution is -2.48. The predicted octanol–water partition coefficient (Wildman–Crippen LogP) is 2.69.